The van der Waals surface area contributed by atoms with E-state index in [1.807, 2.05) is 0 Å². The van der Waals surface area contributed by atoms with Crippen LogP contribution >= 0.6 is 12.4 Å². The summed E-state index contributed by atoms with van der Waals surface area (Å²) in [6.07, 6.45) is 8.21. The zero-order chi connectivity index (χ0) is 16.7. The minimum Gasteiger partial charge on any atom is -0.325 e. The molecule has 0 aliphatic rings. The maximum Gasteiger partial charge on any atom is 0.0223 e. The van der Waals surface area contributed by atoms with E-state index in [2.05, 4.69) is 63.2 Å². The molecule has 2 heteroatoms. The largest absolute Gasteiger partial charge is 0.325 e. The van der Waals surface area contributed by atoms with Crippen molar-refractivity contribution in [3.05, 3.63) is 48.0 Å². The van der Waals surface area contributed by atoms with Gasteiger partial charge in [-0.1, -0.05) is 88.9 Å². The van der Waals surface area contributed by atoms with E-state index >= 15 is 0 Å². The standard InChI is InChI=1S/C22H33N.ClH/c1-4-7-15-21(22(23,16-5-2)17-6-3)20-14-10-12-18-11-8-9-13-19(18)20;/h8-14,21H,4-7,15-17,23H2,1-3H3;1H. The number of hydrogen-bond donors (Lipinski definition) is 1. The number of unbranched alkanes of at least 4 members (excludes halogenated alkanes) is 1. The second kappa shape index (κ2) is 10.1. The molecule has 0 aliphatic carbocycles. The summed E-state index contributed by atoms with van der Waals surface area (Å²) < 4.78 is 0. The molecule has 0 radical (unpaired) electrons. The molecule has 0 bridgehead atoms. The molecule has 0 spiro atoms. The van der Waals surface area contributed by atoms with Gasteiger partial charge in [-0.3, -0.25) is 0 Å². The zero-order valence-electron chi connectivity index (χ0n) is 15.6. The molecule has 1 nitrogen and oxygen atoms in total. The van der Waals surface area contributed by atoms with Gasteiger partial charge in [0.1, 0.15) is 0 Å². The van der Waals surface area contributed by atoms with Gasteiger partial charge in [0.05, 0.1) is 0 Å². The Morgan fingerprint density at radius 3 is 2.12 bits per heavy atom. The van der Waals surface area contributed by atoms with Gasteiger partial charge in [-0.2, -0.15) is 0 Å². The first kappa shape index (κ1) is 21.0. The topological polar surface area (TPSA) is 26.0 Å². The average Bonchev–Trinajstić information content (AvgIpc) is 2.56. The van der Waals surface area contributed by atoms with Crippen molar-refractivity contribution >= 4 is 23.2 Å². The molecule has 134 valence electrons. The third-order valence-corrected chi connectivity index (χ3v) is 5.17. The lowest BCUT2D eigenvalue weighted by atomic mass is 9.71. The molecule has 2 N–H and O–H groups in total. The third-order valence-electron chi connectivity index (χ3n) is 5.17. The van der Waals surface area contributed by atoms with Crippen LogP contribution in [-0.2, 0) is 0 Å². The van der Waals surface area contributed by atoms with E-state index in [1.165, 1.54) is 35.6 Å². The molecule has 0 saturated carbocycles. The minimum atomic E-state index is -0.0806. The van der Waals surface area contributed by atoms with Gasteiger partial charge in [-0.25, -0.2) is 0 Å². The Kier molecular flexibility index (Phi) is 8.80. The van der Waals surface area contributed by atoms with Gasteiger partial charge in [-0.15, -0.1) is 12.4 Å². The van der Waals surface area contributed by atoms with Gasteiger partial charge in [0.2, 0.25) is 0 Å². The number of nitrogens with two attached hydrogens (primary N) is 1. The lowest BCUT2D eigenvalue weighted by Gasteiger charge is -2.39. The number of hydrogen-bond acceptors (Lipinski definition) is 1. The van der Waals surface area contributed by atoms with Crippen molar-refractivity contribution in [3.8, 4) is 0 Å². The van der Waals surface area contributed by atoms with Gasteiger partial charge in [0.15, 0.2) is 0 Å². The van der Waals surface area contributed by atoms with Crippen molar-refractivity contribution in [2.45, 2.75) is 77.2 Å². The van der Waals surface area contributed by atoms with Gasteiger partial charge in [-0.05, 0) is 35.6 Å². The van der Waals surface area contributed by atoms with Gasteiger partial charge < -0.3 is 5.73 Å². The van der Waals surface area contributed by atoms with Crippen LogP contribution in [0.25, 0.3) is 10.8 Å². The molecule has 2 aromatic rings. The van der Waals surface area contributed by atoms with Crippen LogP contribution in [0.15, 0.2) is 42.5 Å². The molecular formula is C22H34ClN. The molecule has 0 fully saturated rings. The van der Waals surface area contributed by atoms with Crippen LogP contribution in [0.2, 0.25) is 0 Å². The maximum atomic E-state index is 7.03. The highest BCUT2D eigenvalue weighted by Crippen LogP contribution is 2.40. The summed E-state index contributed by atoms with van der Waals surface area (Å²) in [5.74, 6) is 0.452. The lowest BCUT2D eigenvalue weighted by molar-refractivity contribution is 0.278. The summed E-state index contributed by atoms with van der Waals surface area (Å²) in [5.41, 5.74) is 8.41. The number of rotatable bonds is 9. The van der Waals surface area contributed by atoms with Crippen molar-refractivity contribution < 1.29 is 0 Å². The maximum absolute atomic E-state index is 7.03. The van der Waals surface area contributed by atoms with Crippen molar-refractivity contribution in [2.75, 3.05) is 0 Å². The fraction of sp³-hybridized carbons (Fsp3) is 0.545. The monoisotopic (exact) mass is 347 g/mol. The van der Waals surface area contributed by atoms with Crippen LogP contribution in [-0.4, -0.2) is 5.54 Å². The van der Waals surface area contributed by atoms with Crippen LogP contribution in [0.3, 0.4) is 0 Å². The van der Waals surface area contributed by atoms with Gasteiger partial charge in [0.25, 0.3) is 0 Å². The molecule has 24 heavy (non-hydrogen) atoms. The summed E-state index contributed by atoms with van der Waals surface area (Å²) in [6, 6.07) is 15.5. The Hall–Kier alpha value is -1.05. The highest BCUT2D eigenvalue weighted by Gasteiger charge is 2.34. The minimum absolute atomic E-state index is 0. The highest BCUT2D eigenvalue weighted by molar-refractivity contribution is 5.86. The van der Waals surface area contributed by atoms with Crippen LogP contribution in [0.4, 0.5) is 0 Å². The van der Waals surface area contributed by atoms with Gasteiger partial charge >= 0.3 is 0 Å². The van der Waals surface area contributed by atoms with E-state index in [4.69, 9.17) is 5.73 Å². The molecule has 0 saturated heterocycles. The SMILES string of the molecule is CCCCC(c1cccc2ccccc12)C(N)(CCC)CCC.Cl. The Labute approximate surface area is 154 Å². The smallest absolute Gasteiger partial charge is 0.0223 e. The van der Waals surface area contributed by atoms with Crippen LogP contribution in [0.5, 0.6) is 0 Å². The molecule has 0 amide bonds. The van der Waals surface area contributed by atoms with E-state index in [-0.39, 0.29) is 17.9 Å². The normalized spacial score (nSPS) is 12.8. The van der Waals surface area contributed by atoms with Crippen LogP contribution in [0.1, 0.15) is 77.2 Å². The van der Waals surface area contributed by atoms with Crippen molar-refractivity contribution in [2.24, 2.45) is 5.73 Å². The first-order valence-corrected chi connectivity index (χ1v) is 9.42. The average molecular weight is 348 g/mol. The Morgan fingerprint density at radius 2 is 1.50 bits per heavy atom. The number of benzene rings is 2. The van der Waals surface area contributed by atoms with Crippen molar-refractivity contribution in [1.29, 1.82) is 0 Å². The first-order chi connectivity index (χ1) is 11.2. The Balaban J connectivity index is 0.00000288. The summed E-state index contributed by atoms with van der Waals surface area (Å²) in [6.45, 7) is 6.80. The fourth-order valence-corrected chi connectivity index (χ4v) is 4.12. The molecule has 2 rings (SSSR count). The molecule has 0 aliphatic heterocycles. The molecule has 1 atom stereocenters. The lowest BCUT2D eigenvalue weighted by Crippen LogP contribution is -2.45. The predicted octanol–water partition coefficient (Wildman–Crippen LogP) is 6.83. The summed E-state index contributed by atoms with van der Waals surface area (Å²) >= 11 is 0. The van der Waals surface area contributed by atoms with Crippen molar-refractivity contribution in [1.82, 2.24) is 0 Å². The van der Waals surface area contributed by atoms with Gasteiger partial charge in [0, 0.05) is 11.5 Å². The van der Waals surface area contributed by atoms with E-state index in [0.717, 1.165) is 25.7 Å². The predicted molar refractivity (Wildman–Crippen MR) is 110 cm³/mol. The number of halogens is 1. The third kappa shape index (κ3) is 4.74. The van der Waals surface area contributed by atoms with E-state index < -0.39 is 0 Å². The molecule has 0 heterocycles. The number of fused-ring (bicyclic) bond motifs is 1. The molecule has 1 unspecified atom stereocenters. The second-order valence-electron chi connectivity index (χ2n) is 7.00. The summed E-state index contributed by atoms with van der Waals surface area (Å²) in [7, 11) is 0. The van der Waals surface area contributed by atoms with Crippen LogP contribution in [0, 0.1) is 0 Å². The summed E-state index contributed by atoms with van der Waals surface area (Å²) in [5, 5.41) is 2.72. The quantitative estimate of drug-likeness (QED) is 0.528. The van der Waals surface area contributed by atoms with Crippen LogP contribution < -0.4 is 5.73 Å². The first-order valence-electron chi connectivity index (χ1n) is 9.42. The zero-order valence-corrected chi connectivity index (χ0v) is 16.4. The summed E-state index contributed by atoms with van der Waals surface area (Å²) in [4.78, 5) is 0. The molecular weight excluding hydrogens is 314 g/mol. The molecule has 0 aromatic heterocycles. The fourth-order valence-electron chi connectivity index (χ4n) is 4.12. The molecule has 2 aromatic carbocycles. The van der Waals surface area contributed by atoms with E-state index in [0.29, 0.717) is 5.92 Å². The highest BCUT2D eigenvalue weighted by atomic mass is 35.5. The van der Waals surface area contributed by atoms with E-state index in [9.17, 15) is 0 Å². The Bertz CT molecular complexity index is 596. The Morgan fingerprint density at radius 1 is 0.875 bits per heavy atom. The van der Waals surface area contributed by atoms with Crippen molar-refractivity contribution in [3.63, 3.8) is 0 Å². The van der Waals surface area contributed by atoms with E-state index in [1.54, 1.807) is 0 Å². The second-order valence-corrected chi connectivity index (χ2v) is 7.00.